The van der Waals surface area contributed by atoms with E-state index in [4.69, 9.17) is 9.84 Å². The summed E-state index contributed by atoms with van der Waals surface area (Å²) in [5, 5.41) is 14.0. The van der Waals surface area contributed by atoms with Crippen LogP contribution in [0.2, 0.25) is 0 Å². The Bertz CT molecular complexity index is 1250. The monoisotopic (exact) mass is 530 g/mol. The molecule has 3 aliphatic rings. The van der Waals surface area contributed by atoms with Crippen molar-refractivity contribution in [3.05, 3.63) is 82.9 Å². The van der Waals surface area contributed by atoms with Crippen LogP contribution in [0.25, 0.3) is 11.6 Å². The number of likely N-dealkylation sites (tertiary alicyclic amines) is 2. The third-order valence-corrected chi connectivity index (χ3v) is 7.53. The molecule has 0 aliphatic carbocycles. The standard InChI is InChI=1S/C30H34N4O5/c35-27-20-39-26-14-18-34(19-25(26)32-27)30(38)33-16-12-24(13-17-33)28(22-6-2-1-3-7-22)23-10-8-21(9-11-23)5-4-15-31-29(36)37/h1-11,25-26,31H,12-20H2,(H,32,35)(H,36,37)/b5-4+/t25-,26+/m1/s1. The molecule has 204 valence electrons. The lowest BCUT2D eigenvalue weighted by atomic mass is 9.88. The second kappa shape index (κ2) is 12.2. The highest BCUT2D eigenvalue weighted by Gasteiger charge is 2.37. The van der Waals surface area contributed by atoms with Gasteiger partial charge in [0.2, 0.25) is 5.91 Å². The third-order valence-electron chi connectivity index (χ3n) is 7.53. The van der Waals surface area contributed by atoms with Crippen molar-refractivity contribution >= 4 is 29.7 Å². The zero-order chi connectivity index (χ0) is 27.2. The van der Waals surface area contributed by atoms with Gasteiger partial charge in [-0.15, -0.1) is 0 Å². The van der Waals surface area contributed by atoms with Gasteiger partial charge in [-0.3, -0.25) is 4.79 Å². The van der Waals surface area contributed by atoms with Gasteiger partial charge in [-0.05, 0) is 41.5 Å². The average Bonchev–Trinajstić information content (AvgIpc) is 2.96. The number of hydrogen-bond acceptors (Lipinski definition) is 4. The van der Waals surface area contributed by atoms with E-state index < -0.39 is 6.09 Å². The van der Waals surface area contributed by atoms with Gasteiger partial charge in [-0.1, -0.05) is 72.3 Å². The molecule has 4 amide bonds. The maximum atomic E-state index is 13.3. The Kier molecular flexibility index (Phi) is 8.27. The van der Waals surface area contributed by atoms with E-state index in [1.54, 1.807) is 6.08 Å². The van der Waals surface area contributed by atoms with Crippen LogP contribution in [0.3, 0.4) is 0 Å². The number of piperidine rings is 2. The van der Waals surface area contributed by atoms with E-state index in [1.807, 2.05) is 46.2 Å². The number of nitrogens with one attached hydrogen (secondary N) is 2. The van der Waals surface area contributed by atoms with Gasteiger partial charge in [0.15, 0.2) is 0 Å². The number of urea groups is 1. The van der Waals surface area contributed by atoms with E-state index in [1.165, 1.54) is 11.1 Å². The van der Waals surface area contributed by atoms with Crippen molar-refractivity contribution in [1.82, 2.24) is 20.4 Å². The number of hydrogen-bond donors (Lipinski definition) is 3. The maximum Gasteiger partial charge on any atom is 0.404 e. The second-order valence-electron chi connectivity index (χ2n) is 10.1. The normalized spacial score (nSPS) is 21.3. The smallest absolute Gasteiger partial charge is 0.404 e. The largest absolute Gasteiger partial charge is 0.465 e. The van der Waals surface area contributed by atoms with E-state index >= 15 is 0 Å². The molecule has 3 saturated heterocycles. The lowest BCUT2D eigenvalue weighted by molar-refractivity contribution is -0.139. The fraction of sp³-hybridized carbons (Fsp3) is 0.367. The number of rotatable bonds is 5. The summed E-state index contributed by atoms with van der Waals surface area (Å²) in [5.74, 6) is -0.119. The first-order valence-corrected chi connectivity index (χ1v) is 13.4. The molecule has 0 unspecified atom stereocenters. The highest BCUT2D eigenvalue weighted by atomic mass is 16.5. The van der Waals surface area contributed by atoms with Crippen molar-refractivity contribution in [1.29, 1.82) is 0 Å². The van der Waals surface area contributed by atoms with E-state index in [9.17, 15) is 14.4 Å². The van der Waals surface area contributed by atoms with Crippen molar-refractivity contribution < 1.29 is 24.2 Å². The van der Waals surface area contributed by atoms with E-state index in [0.29, 0.717) is 26.2 Å². The molecule has 0 saturated carbocycles. The molecular formula is C30H34N4O5. The number of nitrogens with zero attached hydrogens (tertiary/aromatic N) is 2. The van der Waals surface area contributed by atoms with Crippen molar-refractivity contribution in [3.8, 4) is 0 Å². The molecule has 9 heteroatoms. The quantitative estimate of drug-likeness (QED) is 0.547. The molecule has 0 radical (unpaired) electrons. The van der Waals surface area contributed by atoms with Gasteiger partial charge >= 0.3 is 12.1 Å². The molecule has 5 rings (SSSR count). The van der Waals surface area contributed by atoms with Gasteiger partial charge in [0, 0.05) is 32.7 Å². The number of fused-ring (bicyclic) bond motifs is 1. The Hall–Kier alpha value is -4.11. The highest BCUT2D eigenvalue weighted by Crippen LogP contribution is 2.33. The molecular weight excluding hydrogens is 496 g/mol. The minimum atomic E-state index is -1.04. The molecule has 0 bridgehead atoms. The van der Waals surface area contributed by atoms with Gasteiger partial charge < -0.3 is 30.3 Å². The third kappa shape index (κ3) is 6.49. The van der Waals surface area contributed by atoms with Crippen LogP contribution in [0, 0.1) is 0 Å². The minimum Gasteiger partial charge on any atom is -0.465 e. The molecule has 9 nitrogen and oxygen atoms in total. The molecule has 3 N–H and O–H groups in total. The van der Waals surface area contributed by atoms with Gasteiger partial charge in [0.05, 0.1) is 12.1 Å². The van der Waals surface area contributed by atoms with Crippen LogP contribution < -0.4 is 10.6 Å². The van der Waals surface area contributed by atoms with Gasteiger partial charge in [0.1, 0.15) is 6.61 Å². The average molecular weight is 531 g/mol. The first kappa shape index (κ1) is 26.5. The summed E-state index contributed by atoms with van der Waals surface area (Å²) in [6.45, 7) is 2.77. The molecule has 3 fully saturated rings. The van der Waals surface area contributed by atoms with Gasteiger partial charge in [0.25, 0.3) is 0 Å². The molecule has 3 aliphatic heterocycles. The second-order valence-corrected chi connectivity index (χ2v) is 10.1. The number of carbonyl (C=O) groups excluding carboxylic acids is 2. The number of amides is 4. The Morgan fingerprint density at radius 3 is 2.44 bits per heavy atom. The predicted molar refractivity (Wildman–Crippen MR) is 148 cm³/mol. The molecule has 0 aromatic heterocycles. The lowest BCUT2D eigenvalue weighted by Crippen LogP contribution is -2.62. The molecule has 0 spiro atoms. The number of ether oxygens (including phenoxy) is 1. The van der Waals surface area contributed by atoms with Crippen LogP contribution in [-0.2, 0) is 9.53 Å². The summed E-state index contributed by atoms with van der Waals surface area (Å²) in [7, 11) is 0. The van der Waals surface area contributed by atoms with Crippen LogP contribution in [0.4, 0.5) is 9.59 Å². The minimum absolute atomic E-state index is 0.0145. The fourth-order valence-corrected chi connectivity index (χ4v) is 5.57. The van der Waals surface area contributed by atoms with Gasteiger partial charge in [-0.25, -0.2) is 9.59 Å². The van der Waals surface area contributed by atoms with Crippen molar-refractivity contribution in [2.45, 2.75) is 31.4 Å². The van der Waals surface area contributed by atoms with Crippen LogP contribution in [0.15, 0.2) is 66.2 Å². The van der Waals surface area contributed by atoms with Crippen molar-refractivity contribution in [3.63, 3.8) is 0 Å². The lowest BCUT2D eigenvalue weighted by Gasteiger charge is -2.43. The highest BCUT2D eigenvalue weighted by molar-refractivity contribution is 5.83. The summed E-state index contributed by atoms with van der Waals surface area (Å²) < 4.78 is 5.63. The zero-order valence-corrected chi connectivity index (χ0v) is 21.8. The summed E-state index contributed by atoms with van der Waals surface area (Å²) >= 11 is 0. The Morgan fingerprint density at radius 2 is 1.72 bits per heavy atom. The Labute approximate surface area is 228 Å². The number of carbonyl (C=O) groups is 3. The van der Waals surface area contributed by atoms with Crippen molar-refractivity contribution in [2.24, 2.45) is 0 Å². The Morgan fingerprint density at radius 1 is 1.00 bits per heavy atom. The Balaban J connectivity index is 1.28. The molecule has 2 aromatic carbocycles. The molecule has 3 heterocycles. The van der Waals surface area contributed by atoms with E-state index in [2.05, 4.69) is 34.9 Å². The van der Waals surface area contributed by atoms with Crippen LogP contribution in [0.5, 0.6) is 0 Å². The van der Waals surface area contributed by atoms with E-state index in [0.717, 1.165) is 36.0 Å². The fourth-order valence-electron chi connectivity index (χ4n) is 5.57. The summed E-state index contributed by atoms with van der Waals surface area (Å²) in [5.41, 5.74) is 5.79. The van der Waals surface area contributed by atoms with Crippen LogP contribution in [-0.4, -0.2) is 84.4 Å². The van der Waals surface area contributed by atoms with Crippen LogP contribution >= 0.6 is 0 Å². The SMILES string of the molecule is O=C(O)NC/C=C/c1ccc(C(=C2CCN(C(=O)N3CC[C@@H]4OCC(=O)N[C@@H]4C3)CC2)c2ccccc2)cc1. The van der Waals surface area contributed by atoms with Crippen LogP contribution in [0.1, 0.15) is 36.0 Å². The molecule has 2 atom stereocenters. The predicted octanol–water partition coefficient (Wildman–Crippen LogP) is 3.57. The maximum absolute atomic E-state index is 13.3. The zero-order valence-electron chi connectivity index (χ0n) is 21.8. The molecule has 39 heavy (non-hydrogen) atoms. The van der Waals surface area contributed by atoms with Gasteiger partial charge in [-0.2, -0.15) is 0 Å². The van der Waals surface area contributed by atoms with Crippen molar-refractivity contribution in [2.75, 3.05) is 39.3 Å². The summed E-state index contributed by atoms with van der Waals surface area (Å²) in [6, 6.07) is 18.5. The molecule has 2 aromatic rings. The first-order chi connectivity index (χ1) is 19.0. The summed E-state index contributed by atoms with van der Waals surface area (Å²) in [6.07, 6.45) is 4.93. The summed E-state index contributed by atoms with van der Waals surface area (Å²) in [4.78, 5) is 39.5. The van der Waals surface area contributed by atoms with E-state index in [-0.39, 0.29) is 37.2 Å². The topological polar surface area (TPSA) is 111 Å². The number of carboxylic acid groups (broad SMARTS) is 1. The first-order valence-electron chi connectivity index (χ1n) is 13.4. The number of morpholine rings is 1. The number of benzene rings is 2.